The molecule has 0 aromatic rings. The number of rotatable bonds is 6. The number of nitrogens with zero attached hydrogens (tertiary/aromatic N) is 2. The lowest BCUT2D eigenvalue weighted by molar-refractivity contribution is 0.0711. The highest BCUT2D eigenvalue weighted by molar-refractivity contribution is 5.73. The maximum atomic E-state index is 12.1. The summed E-state index contributed by atoms with van der Waals surface area (Å²) in [4.78, 5) is 16.2. The van der Waals surface area contributed by atoms with Crippen molar-refractivity contribution in [2.75, 3.05) is 33.2 Å². The lowest BCUT2D eigenvalue weighted by Crippen LogP contribution is -2.55. The molecule has 0 spiro atoms. The van der Waals surface area contributed by atoms with E-state index in [2.05, 4.69) is 31.0 Å². The average molecular weight is 299 g/mol. The molecule has 1 aliphatic heterocycles. The Kier molecular flexibility index (Phi) is 6.94. The minimum atomic E-state index is -0.369. The molecule has 0 aromatic carbocycles. The zero-order valence-electron chi connectivity index (χ0n) is 14.4. The Morgan fingerprint density at radius 2 is 2.19 bits per heavy atom. The second-order valence-electron chi connectivity index (χ2n) is 7.22. The average Bonchev–Trinajstić information content (AvgIpc) is 2.42. The number of urea groups is 1. The van der Waals surface area contributed by atoms with Crippen molar-refractivity contribution in [2.45, 2.75) is 58.6 Å². The SMILES string of the molecule is CC(O)CCN(C)C(=O)NCC(C)(C)N1CCCC(C)C1. The quantitative estimate of drug-likeness (QED) is 0.788. The molecule has 1 fully saturated rings. The predicted molar refractivity (Wildman–Crippen MR) is 86.4 cm³/mol. The smallest absolute Gasteiger partial charge is 0.317 e. The Balaban J connectivity index is 2.39. The van der Waals surface area contributed by atoms with Gasteiger partial charge in [0.1, 0.15) is 0 Å². The Morgan fingerprint density at radius 3 is 2.76 bits per heavy atom. The van der Waals surface area contributed by atoms with Crippen molar-refractivity contribution in [2.24, 2.45) is 5.92 Å². The van der Waals surface area contributed by atoms with Crippen LogP contribution in [0, 0.1) is 5.92 Å². The number of carbonyl (C=O) groups is 1. The zero-order valence-corrected chi connectivity index (χ0v) is 14.4. The topological polar surface area (TPSA) is 55.8 Å². The zero-order chi connectivity index (χ0) is 16.0. The molecule has 5 heteroatoms. The normalized spacial score (nSPS) is 21.9. The monoisotopic (exact) mass is 299 g/mol. The molecule has 2 unspecified atom stereocenters. The highest BCUT2D eigenvalue weighted by atomic mass is 16.3. The number of nitrogens with one attached hydrogen (secondary N) is 1. The second-order valence-corrected chi connectivity index (χ2v) is 7.22. The number of carbonyl (C=O) groups excluding carboxylic acids is 1. The summed E-state index contributed by atoms with van der Waals surface area (Å²) in [5.41, 5.74) is -0.0184. The third-order valence-corrected chi connectivity index (χ3v) is 4.41. The van der Waals surface area contributed by atoms with Gasteiger partial charge in [0.05, 0.1) is 6.10 Å². The van der Waals surface area contributed by atoms with Gasteiger partial charge in [-0.05, 0) is 52.5 Å². The maximum Gasteiger partial charge on any atom is 0.317 e. The van der Waals surface area contributed by atoms with Crippen LogP contribution in [-0.4, -0.2) is 65.8 Å². The highest BCUT2D eigenvalue weighted by Crippen LogP contribution is 2.23. The van der Waals surface area contributed by atoms with Crippen LogP contribution in [0.2, 0.25) is 0 Å². The van der Waals surface area contributed by atoms with Crippen molar-refractivity contribution in [3.8, 4) is 0 Å². The van der Waals surface area contributed by atoms with E-state index in [1.165, 1.54) is 12.8 Å². The van der Waals surface area contributed by atoms with Crippen LogP contribution in [0.3, 0.4) is 0 Å². The van der Waals surface area contributed by atoms with E-state index >= 15 is 0 Å². The lowest BCUT2D eigenvalue weighted by atomic mass is 9.93. The molecular weight excluding hydrogens is 266 g/mol. The fourth-order valence-electron chi connectivity index (χ4n) is 2.76. The molecule has 0 radical (unpaired) electrons. The number of hydrogen-bond donors (Lipinski definition) is 2. The summed E-state index contributed by atoms with van der Waals surface area (Å²) in [7, 11) is 1.77. The van der Waals surface area contributed by atoms with Gasteiger partial charge in [0.2, 0.25) is 0 Å². The number of hydrogen-bond acceptors (Lipinski definition) is 3. The van der Waals surface area contributed by atoms with E-state index < -0.39 is 0 Å². The van der Waals surface area contributed by atoms with Crippen LogP contribution in [0.15, 0.2) is 0 Å². The van der Waals surface area contributed by atoms with Crippen molar-refractivity contribution >= 4 is 6.03 Å². The van der Waals surface area contributed by atoms with Crippen LogP contribution in [-0.2, 0) is 0 Å². The predicted octanol–water partition coefficient (Wildman–Crippen LogP) is 1.91. The van der Waals surface area contributed by atoms with E-state index in [0.717, 1.165) is 19.0 Å². The summed E-state index contributed by atoms with van der Waals surface area (Å²) in [5.74, 6) is 0.738. The Bertz CT molecular complexity index is 331. The van der Waals surface area contributed by atoms with Gasteiger partial charge >= 0.3 is 6.03 Å². The van der Waals surface area contributed by atoms with Crippen molar-refractivity contribution < 1.29 is 9.90 Å². The number of piperidine rings is 1. The van der Waals surface area contributed by atoms with E-state index in [1.807, 2.05) is 0 Å². The molecule has 1 rings (SSSR count). The summed E-state index contributed by atoms with van der Waals surface area (Å²) in [6.45, 7) is 11.9. The first-order valence-corrected chi connectivity index (χ1v) is 8.14. The highest BCUT2D eigenvalue weighted by Gasteiger charge is 2.30. The third kappa shape index (κ3) is 6.22. The van der Waals surface area contributed by atoms with Crippen molar-refractivity contribution in [3.05, 3.63) is 0 Å². The molecular formula is C16H33N3O2. The van der Waals surface area contributed by atoms with Gasteiger partial charge in [0.25, 0.3) is 0 Å². The van der Waals surface area contributed by atoms with Gasteiger partial charge < -0.3 is 15.3 Å². The van der Waals surface area contributed by atoms with E-state index in [1.54, 1.807) is 18.9 Å². The van der Waals surface area contributed by atoms with Crippen molar-refractivity contribution in [3.63, 3.8) is 0 Å². The molecule has 0 aliphatic carbocycles. The van der Waals surface area contributed by atoms with Crippen LogP contribution in [0.4, 0.5) is 4.79 Å². The molecule has 2 atom stereocenters. The Labute approximate surface area is 129 Å². The second kappa shape index (κ2) is 7.99. The Morgan fingerprint density at radius 1 is 1.52 bits per heavy atom. The molecule has 2 amide bonds. The van der Waals surface area contributed by atoms with Gasteiger partial charge in [-0.1, -0.05) is 6.92 Å². The molecule has 21 heavy (non-hydrogen) atoms. The largest absolute Gasteiger partial charge is 0.393 e. The van der Waals surface area contributed by atoms with E-state index in [4.69, 9.17) is 0 Å². The summed E-state index contributed by atoms with van der Waals surface area (Å²) >= 11 is 0. The maximum absolute atomic E-state index is 12.1. The summed E-state index contributed by atoms with van der Waals surface area (Å²) in [6.07, 6.45) is 2.79. The van der Waals surface area contributed by atoms with E-state index in [0.29, 0.717) is 19.5 Å². The number of amides is 2. The van der Waals surface area contributed by atoms with Gasteiger partial charge in [-0.25, -0.2) is 4.79 Å². The van der Waals surface area contributed by atoms with Crippen LogP contribution >= 0.6 is 0 Å². The lowest BCUT2D eigenvalue weighted by Gasteiger charge is -2.43. The molecule has 1 heterocycles. The molecule has 124 valence electrons. The van der Waals surface area contributed by atoms with E-state index in [-0.39, 0.29) is 17.7 Å². The molecule has 0 aromatic heterocycles. The van der Waals surface area contributed by atoms with Gasteiger partial charge in [-0.15, -0.1) is 0 Å². The number of likely N-dealkylation sites (tertiary alicyclic amines) is 1. The third-order valence-electron chi connectivity index (χ3n) is 4.41. The minimum absolute atomic E-state index is 0.0184. The molecule has 2 N–H and O–H groups in total. The minimum Gasteiger partial charge on any atom is -0.393 e. The first-order valence-electron chi connectivity index (χ1n) is 8.14. The molecule has 1 aliphatic rings. The van der Waals surface area contributed by atoms with Crippen LogP contribution in [0.5, 0.6) is 0 Å². The van der Waals surface area contributed by atoms with Crippen LogP contribution < -0.4 is 5.32 Å². The summed E-state index contributed by atoms with van der Waals surface area (Å²) in [6, 6.07) is -0.0613. The summed E-state index contributed by atoms with van der Waals surface area (Å²) < 4.78 is 0. The van der Waals surface area contributed by atoms with Crippen molar-refractivity contribution in [1.82, 2.24) is 15.1 Å². The van der Waals surface area contributed by atoms with Crippen LogP contribution in [0.1, 0.15) is 47.0 Å². The molecule has 1 saturated heterocycles. The number of aliphatic hydroxyl groups is 1. The van der Waals surface area contributed by atoms with Crippen LogP contribution in [0.25, 0.3) is 0 Å². The molecule has 0 saturated carbocycles. The number of aliphatic hydroxyl groups excluding tert-OH is 1. The standard InChI is InChI=1S/C16H33N3O2/c1-13-7-6-9-19(11-13)16(3,4)12-17-15(21)18(5)10-8-14(2)20/h13-14,20H,6-12H2,1-5H3,(H,17,21). The fraction of sp³-hybridized carbons (Fsp3) is 0.938. The van der Waals surface area contributed by atoms with Crippen molar-refractivity contribution in [1.29, 1.82) is 0 Å². The molecule has 0 bridgehead atoms. The Hall–Kier alpha value is -0.810. The van der Waals surface area contributed by atoms with Gasteiger partial charge in [-0.3, -0.25) is 4.90 Å². The summed E-state index contributed by atoms with van der Waals surface area (Å²) in [5, 5.41) is 12.3. The van der Waals surface area contributed by atoms with Gasteiger partial charge in [-0.2, -0.15) is 0 Å². The van der Waals surface area contributed by atoms with Gasteiger partial charge in [0.15, 0.2) is 0 Å². The van der Waals surface area contributed by atoms with Gasteiger partial charge in [0, 0.05) is 32.2 Å². The fourth-order valence-corrected chi connectivity index (χ4v) is 2.76. The van der Waals surface area contributed by atoms with E-state index in [9.17, 15) is 9.90 Å². The first kappa shape index (κ1) is 18.2. The first-order chi connectivity index (χ1) is 9.72. The molecule has 5 nitrogen and oxygen atoms in total.